The van der Waals surface area contributed by atoms with Crippen molar-refractivity contribution in [1.29, 1.82) is 0 Å². The lowest BCUT2D eigenvalue weighted by Crippen LogP contribution is -2.22. The highest BCUT2D eigenvalue weighted by atomic mass is 16.5. The van der Waals surface area contributed by atoms with Crippen LogP contribution in [-0.2, 0) is 0 Å². The van der Waals surface area contributed by atoms with E-state index in [4.69, 9.17) is 4.99 Å². The molecule has 0 saturated heterocycles. The number of amides is 1. The number of fused-ring (bicyclic) bond motifs is 2. The van der Waals surface area contributed by atoms with E-state index in [1.165, 1.54) is 19.9 Å². The number of nitrogens with zero attached hydrogens (tertiary/aromatic N) is 3. The Labute approximate surface area is 169 Å². The highest BCUT2D eigenvalue weighted by molar-refractivity contribution is 6.19. The number of carbonyl (C=O) groups is 1. The number of anilines is 2. The molecular formula is C24H21N3O2. The summed E-state index contributed by atoms with van der Waals surface area (Å²) in [6.45, 7) is 0. The molecule has 0 radical (unpaired) electrons. The van der Waals surface area contributed by atoms with Gasteiger partial charge in [0.05, 0.1) is 22.8 Å². The van der Waals surface area contributed by atoms with E-state index < -0.39 is 5.91 Å². The summed E-state index contributed by atoms with van der Waals surface area (Å²) in [6.07, 6.45) is 2.37. The van der Waals surface area contributed by atoms with Gasteiger partial charge in [-0.1, -0.05) is 42.5 Å². The zero-order chi connectivity index (χ0) is 20.0. The molecule has 1 saturated carbocycles. The van der Waals surface area contributed by atoms with Crippen LogP contribution in [-0.4, -0.2) is 35.0 Å². The number of para-hydroxylation sites is 3. The topological polar surface area (TPSA) is 56.1 Å². The lowest BCUT2D eigenvalue weighted by atomic mass is 9.99. The second-order valence-corrected chi connectivity index (χ2v) is 7.47. The van der Waals surface area contributed by atoms with Gasteiger partial charge in [0.15, 0.2) is 0 Å². The first-order chi connectivity index (χ1) is 14.1. The molecule has 144 valence electrons. The molecule has 0 aromatic heterocycles. The molecule has 1 amide bonds. The van der Waals surface area contributed by atoms with E-state index in [9.17, 15) is 10.0 Å². The fourth-order valence-electron chi connectivity index (χ4n) is 3.86. The number of aliphatic imine (C=N–C) groups is 1. The van der Waals surface area contributed by atoms with Crippen LogP contribution in [0.5, 0.6) is 0 Å². The van der Waals surface area contributed by atoms with Crippen LogP contribution in [0.2, 0.25) is 0 Å². The normalized spacial score (nSPS) is 15.1. The number of hydroxylamine groups is 2. The summed E-state index contributed by atoms with van der Waals surface area (Å²) in [7, 11) is 1.32. The third-order valence-electron chi connectivity index (χ3n) is 5.40. The maximum atomic E-state index is 12.0. The Morgan fingerprint density at radius 2 is 1.62 bits per heavy atom. The molecule has 1 fully saturated rings. The van der Waals surface area contributed by atoms with Crippen LogP contribution in [0.4, 0.5) is 17.1 Å². The van der Waals surface area contributed by atoms with E-state index in [0.717, 1.165) is 33.9 Å². The fourth-order valence-corrected chi connectivity index (χ4v) is 3.86. The van der Waals surface area contributed by atoms with E-state index in [1.807, 2.05) is 24.3 Å². The number of hydrogen-bond acceptors (Lipinski definition) is 4. The van der Waals surface area contributed by atoms with Gasteiger partial charge in [0.1, 0.15) is 0 Å². The van der Waals surface area contributed by atoms with Crippen LogP contribution in [0.3, 0.4) is 0 Å². The molecule has 0 unspecified atom stereocenters. The third-order valence-corrected chi connectivity index (χ3v) is 5.40. The Morgan fingerprint density at radius 1 is 0.966 bits per heavy atom. The summed E-state index contributed by atoms with van der Waals surface area (Å²) in [5.41, 5.74) is 6.56. The molecule has 1 heterocycles. The minimum absolute atomic E-state index is 0.432. The Kier molecular flexibility index (Phi) is 4.18. The molecular weight excluding hydrogens is 362 g/mol. The first kappa shape index (κ1) is 17.6. The van der Waals surface area contributed by atoms with Crippen LogP contribution >= 0.6 is 0 Å². The van der Waals surface area contributed by atoms with Crippen molar-refractivity contribution in [1.82, 2.24) is 5.06 Å². The zero-order valence-electron chi connectivity index (χ0n) is 16.1. The van der Waals surface area contributed by atoms with Gasteiger partial charge in [-0.25, -0.2) is 10.1 Å². The Balaban J connectivity index is 1.67. The van der Waals surface area contributed by atoms with Crippen molar-refractivity contribution in [2.75, 3.05) is 11.9 Å². The summed E-state index contributed by atoms with van der Waals surface area (Å²) >= 11 is 0. The second kappa shape index (κ2) is 6.87. The monoisotopic (exact) mass is 383 g/mol. The van der Waals surface area contributed by atoms with Crippen molar-refractivity contribution in [3.63, 3.8) is 0 Å². The van der Waals surface area contributed by atoms with Gasteiger partial charge in [0.2, 0.25) is 0 Å². The summed E-state index contributed by atoms with van der Waals surface area (Å²) in [5.74, 6) is -0.440. The van der Waals surface area contributed by atoms with Crippen LogP contribution < -0.4 is 4.90 Å². The second-order valence-electron chi connectivity index (χ2n) is 7.47. The first-order valence-corrected chi connectivity index (χ1v) is 9.77. The standard InChI is InChI=1S/C24H21N3O2/c1-26(29)24(28)17-12-10-16(11-13-17)23-19-6-2-4-8-21(19)27(18-14-15-18)22-9-5-3-7-20(22)25-23/h2-13,18,29H,14-15H2,1H3. The van der Waals surface area contributed by atoms with E-state index in [1.54, 1.807) is 12.1 Å². The van der Waals surface area contributed by atoms with Crippen LogP contribution in [0.1, 0.15) is 34.3 Å². The van der Waals surface area contributed by atoms with Crippen molar-refractivity contribution >= 4 is 28.7 Å². The van der Waals surface area contributed by atoms with Crippen LogP contribution in [0, 0.1) is 0 Å². The SMILES string of the molecule is CN(O)C(=O)c1ccc(C2=Nc3ccccc3N(C3CC3)c3ccccc32)cc1. The average molecular weight is 383 g/mol. The number of rotatable bonds is 3. The Morgan fingerprint density at radius 3 is 2.31 bits per heavy atom. The highest BCUT2D eigenvalue weighted by Gasteiger charge is 2.34. The van der Waals surface area contributed by atoms with Crippen molar-refractivity contribution in [2.24, 2.45) is 4.99 Å². The van der Waals surface area contributed by atoms with Gasteiger partial charge in [0, 0.05) is 29.8 Å². The van der Waals surface area contributed by atoms with Crippen molar-refractivity contribution in [3.05, 3.63) is 89.5 Å². The maximum Gasteiger partial charge on any atom is 0.276 e. The van der Waals surface area contributed by atoms with Gasteiger partial charge in [0.25, 0.3) is 5.91 Å². The first-order valence-electron chi connectivity index (χ1n) is 9.77. The van der Waals surface area contributed by atoms with Crippen molar-refractivity contribution in [2.45, 2.75) is 18.9 Å². The summed E-state index contributed by atoms with van der Waals surface area (Å²) < 4.78 is 0. The zero-order valence-corrected chi connectivity index (χ0v) is 16.1. The largest absolute Gasteiger partial charge is 0.336 e. The summed E-state index contributed by atoms with van der Waals surface area (Å²) in [5, 5.41) is 10.0. The van der Waals surface area contributed by atoms with E-state index in [2.05, 4.69) is 41.3 Å². The highest BCUT2D eigenvalue weighted by Crippen LogP contribution is 2.46. The van der Waals surface area contributed by atoms with Crippen LogP contribution in [0.15, 0.2) is 77.8 Å². The molecule has 0 bridgehead atoms. The van der Waals surface area contributed by atoms with Gasteiger partial charge in [-0.15, -0.1) is 0 Å². The lowest BCUT2D eigenvalue weighted by Gasteiger charge is -2.26. The fraction of sp³-hybridized carbons (Fsp3) is 0.167. The maximum absolute atomic E-state index is 12.0. The predicted octanol–water partition coefficient (Wildman–Crippen LogP) is 4.93. The molecule has 0 spiro atoms. The van der Waals surface area contributed by atoms with Gasteiger partial charge in [-0.05, 0) is 43.2 Å². The van der Waals surface area contributed by atoms with E-state index in [-0.39, 0.29) is 0 Å². The molecule has 2 aliphatic rings. The number of carbonyl (C=O) groups excluding carboxylic acids is 1. The predicted molar refractivity (Wildman–Crippen MR) is 114 cm³/mol. The van der Waals surface area contributed by atoms with Crippen LogP contribution in [0.25, 0.3) is 0 Å². The molecule has 5 heteroatoms. The Hall–Kier alpha value is -3.44. The molecule has 0 atom stereocenters. The van der Waals surface area contributed by atoms with Crippen molar-refractivity contribution < 1.29 is 10.0 Å². The summed E-state index contributed by atoms with van der Waals surface area (Å²) in [4.78, 5) is 19.5. The lowest BCUT2D eigenvalue weighted by molar-refractivity contribution is -0.0374. The van der Waals surface area contributed by atoms with Gasteiger partial charge in [-0.2, -0.15) is 0 Å². The quantitative estimate of drug-likeness (QED) is 0.515. The molecule has 5 nitrogen and oxygen atoms in total. The molecule has 1 N–H and O–H groups in total. The minimum Gasteiger partial charge on any atom is -0.336 e. The summed E-state index contributed by atoms with van der Waals surface area (Å²) in [6, 6.07) is 24.4. The van der Waals surface area contributed by atoms with Gasteiger partial charge in [-0.3, -0.25) is 10.0 Å². The van der Waals surface area contributed by atoms with Gasteiger partial charge < -0.3 is 4.90 Å². The van der Waals surface area contributed by atoms with Gasteiger partial charge >= 0.3 is 0 Å². The third kappa shape index (κ3) is 3.09. The number of benzene rings is 3. The average Bonchev–Trinajstić information content (AvgIpc) is 3.59. The number of hydrogen-bond donors (Lipinski definition) is 1. The van der Waals surface area contributed by atoms with E-state index in [0.29, 0.717) is 16.7 Å². The molecule has 1 aliphatic heterocycles. The molecule has 1 aliphatic carbocycles. The molecule has 29 heavy (non-hydrogen) atoms. The smallest absolute Gasteiger partial charge is 0.276 e. The van der Waals surface area contributed by atoms with E-state index >= 15 is 0 Å². The van der Waals surface area contributed by atoms with Crippen molar-refractivity contribution in [3.8, 4) is 0 Å². The minimum atomic E-state index is -0.440. The Bertz CT molecular complexity index is 1110. The molecule has 3 aromatic rings. The molecule has 5 rings (SSSR count). The molecule has 3 aromatic carbocycles.